The fourth-order valence-electron chi connectivity index (χ4n) is 0.308. The number of allylic oxidation sites excluding steroid dienone is 2. The fraction of sp³-hybridized carbons (Fsp3) is 0.571. The monoisotopic (exact) mass is 111 g/mol. The van der Waals surface area contributed by atoms with Crippen molar-refractivity contribution in [3.8, 4) is 0 Å². The van der Waals surface area contributed by atoms with E-state index in [2.05, 4.69) is 18.8 Å². The second-order valence-corrected chi connectivity index (χ2v) is 1.92. The molecule has 0 atom stereocenters. The quantitative estimate of drug-likeness (QED) is 0.483. The topological polar surface area (TPSA) is 12.4 Å². The van der Waals surface area contributed by atoms with E-state index in [4.69, 9.17) is 0 Å². The lowest BCUT2D eigenvalue weighted by Crippen LogP contribution is -1.86. The Morgan fingerprint density at radius 3 is 2.38 bits per heavy atom. The van der Waals surface area contributed by atoms with Gasteiger partial charge in [0, 0.05) is 12.3 Å². The van der Waals surface area contributed by atoms with E-state index >= 15 is 0 Å². The van der Waals surface area contributed by atoms with Crippen LogP contribution in [-0.2, 0) is 0 Å². The normalized spacial score (nSPS) is 12.5. The zero-order valence-electron chi connectivity index (χ0n) is 5.76. The molecule has 46 valence electrons. The molecule has 0 N–H and O–H groups in total. The van der Waals surface area contributed by atoms with Gasteiger partial charge in [-0.1, -0.05) is 6.08 Å². The smallest absolute Gasteiger partial charge is 0.0443 e. The van der Waals surface area contributed by atoms with Gasteiger partial charge in [0.15, 0.2) is 0 Å². The highest BCUT2D eigenvalue weighted by atomic mass is 14.7. The predicted octanol–water partition coefficient (Wildman–Crippen LogP) is 2.04. The first-order chi connectivity index (χ1) is 3.77. The Morgan fingerprint density at radius 2 is 2.00 bits per heavy atom. The van der Waals surface area contributed by atoms with Crippen LogP contribution in [0.3, 0.4) is 0 Å². The molecule has 0 aromatic heterocycles. The maximum atomic E-state index is 4.10. The molecule has 0 saturated heterocycles. The zero-order chi connectivity index (χ0) is 6.41. The van der Waals surface area contributed by atoms with Crippen LogP contribution in [0.15, 0.2) is 17.1 Å². The van der Waals surface area contributed by atoms with Gasteiger partial charge in [0.2, 0.25) is 0 Å². The molecule has 0 unspecified atom stereocenters. The maximum absolute atomic E-state index is 4.10. The third kappa shape index (κ3) is 5.41. The first kappa shape index (κ1) is 7.41. The Bertz CT molecular complexity index is 90.6. The Kier molecular flexibility index (Phi) is 4.23. The van der Waals surface area contributed by atoms with Crippen LogP contribution in [0, 0.1) is 0 Å². The van der Waals surface area contributed by atoms with Gasteiger partial charge >= 0.3 is 0 Å². The van der Waals surface area contributed by atoms with E-state index < -0.39 is 0 Å². The Morgan fingerprint density at radius 1 is 1.38 bits per heavy atom. The van der Waals surface area contributed by atoms with E-state index in [1.807, 2.05) is 25.3 Å². The number of hydrogen-bond acceptors (Lipinski definition) is 1. The summed E-state index contributed by atoms with van der Waals surface area (Å²) in [5.41, 5.74) is 0. The summed E-state index contributed by atoms with van der Waals surface area (Å²) in [5, 5.41) is 0. The number of aliphatic imine (C=N–C) groups is 1. The average molecular weight is 111 g/mol. The van der Waals surface area contributed by atoms with Crippen molar-refractivity contribution in [1.29, 1.82) is 0 Å². The lowest BCUT2D eigenvalue weighted by atomic mass is 10.4. The highest BCUT2D eigenvalue weighted by molar-refractivity contribution is 5.70. The summed E-state index contributed by atoms with van der Waals surface area (Å²) in [6.07, 6.45) is 5.72. The summed E-state index contributed by atoms with van der Waals surface area (Å²) in [5.74, 6) is 0. The molecule has 0 bridgehead atoms. The zero-order valence-corrected chi connectivity index (χ0v) is 5.76. The second-order valence-electron chi connectivity index (χ2n) is 1.92. The molecule has 0 fully saturated rings. The van der Waals surface area contributed by atoms with Crippen LogP contribution >= 0.6 is 0 Å². The van der Waals surface area contributed by atoms with Crippen molar-refractivity contribution in [3.63, 3.8) is 0 Å². The van der Waals surface area contributed by atoms with Crippen molar-refractivity contribution in [1.82, 2.24) is 0 Å². The first-order valence-corrected chi connectivity index (χ1v) is 2.92. The van der Waals surface area contributed by atoms with E-state index in [-0.39, 0.29) is 0 Å². The van der Waals surface area contributed by atoms with Gasteiger partial charge < -0.3 is 0 Å². The standard InChI is InChI=1S/C7H13N/c1-4-5-6-8-7(2)3/h4-7H,1-3H3. The minimum atomic E-state index is 0.422. The van der Waals surface area contributed by atoms with Crippen LogP contribution in [0.5, 0.6) is 0 Å². The van der Waals surface area contributed by atoms with Crippen molar-refractivity contribution in [2.45, 2.75) is 26.8 Å². The van der Waals surface area contributed by atoms with Gasteiger partial charge in [0.05, 0.1) is 0 Å². The minimum absolute atomic E-state index is 0.422. The van der Waals surface area contributed by atoms with Crippen molar-refractivity contribution in [2.75, 3.05) is 0 Å². The van der Waals surface area contributed by atoms with Gasteiger partial charge in [0.25, 0.3) is 0 Å². The lowest BCUT2D eigenvalue weighted by Gasteiger charge is -1.88. The summed E-state index contributed by atoms with van der Waals surface area (Å²) in [6, 6.07) is 0.422. The van der Waals surface area contributed by atoms with E-state index in [0.29, 0.717) is 6.04 Å². The van der Waals surface area contributed by atoms with E-state index in [0.717, 1.165) is 0 Å². The van der Waals surface area contributed by atoms with Crippen LogP contribution in [0.4, 0.5) is 0 Å². The third-order valence-corrected chi connectivity index (χ3v) is 0.663. The summed E-state index contributed by atoms with van der Waals surface area (Å²) < 4.78 is 0. The summed E-state index contributed by atoms with van der Waals surface area (Å²) in [6.45, 7) is 6.09. The molecule has 0 aliphatic rings. The van der Waals surface area contributed by atoms with Crippen molar-refractivity contribution < 1.29 is 0 Å². The predicted molar refractivity (Wildman–Crippen MR) is 38.4 cm³/mol. The SMILES string of the molecule is CC=CC=NC(C)C. The molecule has 0 rings (SSSR count). The third-order valence-electron chi connectivity index (χ3n) is 0.663. The van der Waals surface area contributed by atoms with Gasteiger partial charge in [-0.15, -0.1) is 0 Å². The molecule has 0 radical (unpaired) electrons. The van der Waals surface area contributed by atoms with Crippen LogP contribution in [-0.4, -0.2) is 12.3 Å². The number of nitrogens with zero attached hydrogens (tertiary/aromatic N) is 1. The number of rotatable bonds is 2. The lowest BCUT2D eigenvalue weighted by molar-refractivity contribution is 0.842. The van der Waals surface area contributed by atoms with Crippen molar-refractivity contribution >= 4 is 6.21 Å². The molecule has 1 nitrogen and oxygen atoms in total. The summed E-state index contributed by atoms with van der Waals surface area (Å²) in [4.78, 5) is 4.10. The van der Waals surface area contributed by atoms with Crippen LogP contribution in [0.2, 0.25) is 0 Å². The van der Waals surface area contributed by atoms with E-state index in [1.54, 1.807) is 0 Å². The van der Waals surface area contributed by atoms with Crippen molar-refractivity contribution in [3.05, 3.63) is 12.2 Å². The molecule has 0 aliphatic heterocycles. The molecule has 0 heterocycles. The Hall–Kier alpha value is -0.590. The molecule has 0 spiro atoms. The molecule has 0 amide bonds. The van der Waals surface area contributed by atoms with Gasteiger partial charge in [-0.3, -0.25) is 4.99 Å². The van der Waals surface area contributed by atoms with Crippen LogP contribution in [0.25, 0.3) is 0 Å². The molecule has 0 aromatic rings. The molecular weight excluding hydrogens is 98.1 g/mol. The average Bonchev–Trinajstić information content (AvgIpc) is 1.66. The molecule has 0 saturated carbocycles. The van der Waals surface area contributed by atoms with Crippen LogP contribution < -0.4 is 0 Å². The number of hydrogen-bond donors (Lipinski definition) is 0. The Labute approximate surface area is 51.1 Å². The summed E-state index contributed by atoms with van der Waals surface area (Å²) in [7, 11) is 0. The molecular formula is C7H13N. The van der Waals surface area contributed by atoms with Gasteiger partial charge in [-0.25, -0.2) is 0 Å². The highest BCUT2D eigenvalue weighted by Crippen LogP contribution is 1.81. The van der Waals surface area contributed by atoms with E-state index in [9.17, 15) is 0 Å². The maximum Gasteiger partial charge on any atom is 0.0443 e. The molecule has 1 heteroatoms. The van der Waals surface area contributed by atoms with Gasteiger partial charge in [0.1, 0.15) is 0 Å². The Balaban J connectivity index is 3.34. The highest BCUT2D eigenvalue weighted by Gasteiger charge is 1.78. The second kappa shape index (κ2) is 4.57. The molecule has 0 aliphatic carbocycles. The summed E-state index contributed by atoms with van der Waals surface area (Å²) >= 11 is 0. The van der Waals surface area contributed by atoms with Crippen LogP contribution in [0.1, 0.15) is 20.8 Å². The largest absolute Gasteiger partial charge is 0.290 e. The van der Waals surface area contributed by atoms with E-state index in [1.165, 1.54) is 0 Å². The van der Waals surface area contributed by atoms with Gasteiger partial charge in [-0.2, -0.15) is 0 Å². The molecule has 0 aromatic carbocycles. The van der Waals surface area contributed by atoms with Crippen molar-refractivity contribution in [2.24, 2.45) is 4.99 Å². The first-order valence-electron chi connectivity index (χ1n) is 2.92. The minimum Gasteiger partial charge on any atom is -0.290 e. The fourth-order valence-corrected chi connectivity index (χ4v) is 0.308. The molecule has 8 heavy (non-hydrogen) atoms. The van der Waals surface area contributed by atoms with Gasteiger partial charge in [-0.05, 0) is 26.8 Å².